The van der Waals surface area contributed by atoms with E-state index in [9.17, 15) is 0 Å². The first-order chi connectivity index (χ1) is 6.29. The van der Waals surface area contributed by atoms with E-state index < -0.39 is 0 Å². The molecular formula is C10H21N3. The Morgan fingerprint density at radius 3 is 2.15 bits per heavy atom. The molecule has 0 aromatic heterocycles. The molecule has 0 unspecified atom stereocenters. The van der Waals surface area contributed by atoms with Gasteiger partial charge in [-0.25, -0.2) is 0 Å². The van der Waals surface area contributed by atoms with E-state index in [4.69, 9.17) is 5.41 Å². The Bertz CT molecular complexity index is 158. The van der Waals surface area contributed by atoms with E-state index in [2.05, 4.69) is 23.6 Å². The predicted octanol–water partition coefficient (Wildman–Crippen LogP) is 1.75. The SMILES string of the molecule is CCN(CC)C(=N)N1CCCCC1. The Balaban J connectivity index is 2.44. The predicted molar refractivity (Wildman–Crippen MR) is 56.1 cm³/mol. The van der Waals surface area contributed by atoms with Crippen LogP contribution in [0.15, 0.2) is 0 Å². The standard InChI is InChI=1S/C10H21N3/c1-3-12(4-2)10(11)13-8-6-5-7-9-13/h11H,3-9H2,1-2H3. The van der Waals surface area contributed by atoms with Crippen molar-refractivity contribution in [3.05, 3.63) is 0 Å². The Morgan fingerprint density at radius 1 is 1.15 bits per heavy atom. The second kappa shape index (κ2) is 5.10. The highest BCUT2D eigenvalue weighted by molar-refractivity contribution is 5.76. The quantitative estimate of drug-likeness (QED) is 0.522. The maximum Gasteiger partial charge on any atom is 0.193 e. The first-order valence-electron chi connectivity index (χ1n) is 5.38. The summed E-state index contributed by atoms with van der Waals surface area (Å²) < 4.78 is 0. The maximum atomic E-state index is 7.99. The average Bonchev–Trinajstić information content (AvgIpc) is 2.21. The zero-order valence-corrected chi connectivity index (χ0v) is 8.84. The minimum atomic E-state index is 0.727. The molecule has 0 aromatic rings. The van der Waals surface area contributed by atoms with Crippen LogP contribution in [0.2, 0.25) is 0 Å². The second-order valence-corrected chi connectivity index (χ2v) is 3.54. The summed E-state index contributed by atoms with van der Waals surface area (Å²) in [5.74, 6) is 0.727. The number of guanidine groups is 1. The van der Waals surface area contributed by atoms with Crippen molar-refractivity contribution in [3.63, 3.8) is 0 Å². The highest BCUT2D eigenvalue weighted by atomic mass is 15.4. The van der Waals surface area contributed by atoms with Gasteiger partial charge in [0.05, 0.1) is 0 Å². The van der Waals surface area contributed by atoms with Gasteiger partial charge in [0, 0.05) is 26.2 Å². The molecule has 3 nitrogen and oxygen atoms in total. The van der Waals surface area contributed by atoms with Gasteiger partial charge in [0.2, 0.25) is 0 Å². The lowest BCUT2D eigenvalue weighted by Crippen LogP contribution is -2.45. The van der Waals surface area contributed by atoms with Crippen LogP contribution in [0.4, 0.5) is 0 Å². The molecule has 13 heavy (non-hydrogen) atoms. The lowest BCUT2D eigenvalue weighted by Gasteiger charge is -2.34. The van der Waals surface area contributed by atoms with Crippen molar-refractivity contribution >= 4 is 5.96 Å². The van der Waals surface area contributed by atoms with Crippen LogP contribution in [-0.2, 0) is 0 Å². The maximum absolute atomic E-state index is 7.99. The number of nitrogens with zero attached hydrogens (tertiary/aromatic N) is 2. The van der Waals surface area contributed by atoms with Crippen molar-refractivity contribution in [1.82, 2.24) is 9.80 Å². The third-order valence-electron chi connectivity index (χ3n) is 2.72. The van der Waals surface area contributed by atoms with E-state index in [1.165, 1.54) is 19.3 Å². The average molecular weight is 183 g/mol. The van der Waals surface area contributed by atoms with Gasteiger partial charge in [-0.1, -0.05) is 0 Å². The van der Waals surface area contributed by atoms with Gasteiger partial charge >= 0.3 is 0 Å². The molecule has 1 fully saturated rings. The van der Waals surface area contributed by atoms with Gasteiger partial charge in [-0.05, 0) is 33.1 Å². The fourth-order valence-electron chi connectivity index (χ4n) is 1.83. The molecule has 0 atom stereocenters. The molecule has 0 radical (unpaired) electrons. The van der Waals surface area contributed by atoms with E-state index in [-0.39, 0.29) is 0 Å². The molecular weight excluding hydrogens is 162 g/mol. The van der Waals surface area contributed by atoms with Gasteiger partial charge in [0.25, 0.3) is 0 Å². The van der Waals surface area contributed by atoms with Crippen LogP contribution in [0, 0.1) is 5.41 Å². The van der Waals surface area contributed by atoms with Gasteiger partial charge in [-0.3, -0.25) is 5.41 Å². The number of nitrogens with one attached hydrogen (secondary N) is 1. The number of hydrogen-bond acceptors (Lipinski definition) is 1. The molecule has 1 rings (SSSR count). The molecule has 1 N–H and O–H groups in total. The smallest absolute Gasteiger partial charge is 0.193 e. The molecule has 0 aromatic carbocycles. The molecule has 1 aliphatic rings. The Labute approximate surface area is 81.2 Å². The van der Waals surface area contributed by atoms with Crippen LogP contribution in [0.3, 0.4) is 0 Å². The van der Waals surface area contributed by atoms with Crippen molar-refractivity contribution in [2.45, 2.75) is 33.1 Å². The third kappa shape index (κ3) is 2.61. The zero-order chi connectivity index (χ0) is 9.68. The Morgan fingerprint density at radius 2 is 1.69 bits per heavy atom. The summed E-state index contributed by atoms with van der Waals surface area (Å²) in [4.78, 5) is 4.32. The highest BCUT2D eigenvalue weighted by Gasteiger charge is 2.16. The van der Waals surface area contributed by atoms with Crippen molar-refractivity contribution in [1.29, 1.82) is 5.41 Å². The van der Waals surface area contributed by atoms with Crippen LogP contribution < -0.4 is 0 Å². The highest BCUT2D eigenvalue weighted by Crippen LogP contribution is 2.10. The largest absolute Gasteiger partial charge is 0.344 e. The summed E-state index contributed by atoms with van der Waals surface area (Å²) in [7, 11) is 0. The van der Waals surface area contributed by atoms with Crippen LogP contribution in [-0.4, -0.2) is 41.9 Å². The molecule has 1 heterocycles. The van der Waals surface area contributed by atoms with Crippen molar-refractivity contribution in [2.24, 2.45) is 0 Å². The lowest BCUT2D eigenvalue weighted by molar-refractivity contribution is 0.286. The number of likely N-dealkylation sites (tertiary alicyclic amines) is 1. The first-order valence-corrected chi connectivity index (χ1v) is 5.38. The fraction of sp³-hybridized carbons (Fsp3) is 0.900. The van der Waals surface area contributed by atoms with Gasteiger partial charge in [0.1, 0.15) is 0 Å². The van der Waals surface area contributed by atoms with Crippen molar-refractivity contribution < 1.29 is 0 Å². The van der Waals surface area contributed by atoms with E-state index in [1.807, 2.05) is 0 Å². The Hall–Kier alpha value is -0.730. The molecule has 0 spiro atoms. The van der Waals surface area contributed by atoms with Gasteiger partial charge in [-0.15, -0.1) is 0 Å². The molecule has 1 aliphatic heterocycles. The summed E-state index contributed by atoms with van der Waals surface area (Å²) in [5, 5.41) is 7.99. The minimum absolute atomic E-state index is 0.727. The van der Waals surface area contributed by atoms with Crippen molar-refractivity contribution in [2.75, 3.05) is 26.2 Å². The van der Waals surface area contributed by atoms with Gasteiger partial charge in [0.15, 0.2) is 5.96 Å². The first kappa shape index (κ1) is 10.4. The van der Waals surface area contributed by atoms with Crippen LogP contribution >= 0.6 is 0 Å². The van der Waals surface area contributed by atoms with Crippen LogP contribution in [0.25, 0.3) is 0 Å². The van der Waals surface area contributed by atoms with Crippen LogP contribution in [0.1, 0.15) is 33.1 Å². The van der Waals surface area contributed by atoms with Gasteiger partial charge < -0.3 is 9.80 Å². The molecule has 0 amide bonds. The molecule has 0 bridgehead atoms. The van der Waals surface area contributed by atoms with E-state index >= 15 is 0 Å². The monoisotopic (exact) mass is 183 g/mol. The second-order valence-electron chi connectivity index (χ2n) is 3.54. The summed E-state index contributed by atoms with van der Waals surface area (Å²) in [6.45, 7) is 8.28. The number of hydrogen-bond donors (Lipinski definition) is 1. The summed E-state index contributed by atoms with van der Waals surface area (Å²) in [5.41, 5.74) is 0. The molecule has 76 valence electrons. The third-order valence-corrected chi connectivity index (χ3v) is 2.72. The number of piperidine rings is 1. The summed E-state index contributed by atoms with van der Waals surface area (Å²) in [6.07, 6.45) is 3.84. The topological polar surface area (TPSA) is 30.3 Å². The fourth-order valence-corrected chi connectivity index (χ4v) is 1.83. The van der Waals surface area contributed by atoms with E-state index in [0.29, 0.717) is 0 Å². The zero-order valence-electron chi connectivity index (χ0n) is 8.84. The van der Waals surface area contributed by atoms with Gasteiger partial charge in [-0.2, -0.15) is 0 Å². The van der Waals surface area contributed by atoms with Crippen molar-refractivity contribution in [3.8, 4) is 0 Å². The summed E-state index contributed by atoms with van der Waals surface area (Å²) >= 11 is 0. The Kier molecular flexibility index (Phi) is 4.06. The molecule has 0 saturated carbocycles. The van der Waals surface area contributed by atoms with Crippen LogP contribution in [0.5, 0.6) is 0 Å². The molecule has 1 saturated heterocycles. The lowest BCUT2D eigenvalue weighted by atomic mass is 10.1. The molecule has 3 heteroatoms. The summed E-state index contributed by atoms with van der Waals surface area (Å²) in [6, 6.07) is 0. The minimum Gasteiger partial charge on any atom is -0.344 e. The normalized spacial score (nSPS) is 17.2. The van der Waals surface area contributed by atoms with E-state index in [1.54, 1.807) is 0 Å². The number of rotatable bonds is 2. The molecule has 0 aliphatic carbocycles. The van der Waals surface area contributed by atoms with E-state index in [0.717, 1.165) is 32.1 Å².